The van der Waals surface area contributed by atoms with Crippen molar-refractivity contribution in [3.8, 4) is 11.1 Å². The van der Waals surface area contributed by atoms with Crippen molar-refractivity contribution in [2.45, 2.75) is 13.8 Å². The predicted molar refractivity (Wildman–Crippen MR) is 65.7 cm³/mol. The summed E-state index contributed by atoms with van der Waals surface area (Å²) in [4.78, 5) is 12.7. The number of rotatable bonds is 1. The lowest BCUT2D eigenvalue weighted by Gasteiger charge is -2.05. The predicted octanol–water partition coefficient (Wildman–Crippen LogP) is 2.41. The molecule has 0 radical (unpaired) electrons. The zero-order valence-corrected chi connectivity index (χ0v) is 9.75. The minimum absolute atomic E-state index is 0.786. The van der Waals surface area contributed by atoms with Crippen LogP contribution in [-0.2, 0) is 0 Å². The first kappa shape index (κ1) is 9.96. The molecule has 17 heavy (non-hydrogen) atoms. The van der Waals surface area contributed by atoms with E-state index in [1.165, 1.54) is 0 Å². The van der Waals surface area contributed by atoms with Gasteiger partial charge in [0.1, 0.15) is 11.5 Å². The van der Waals surface area contributed by atoms with Gasteiger partial charge in [-0.1, -0.05) is 0 Å². The number of nitrogens with zero attached hydrogens (tertiary/aromatic N) is 4. The van der Waals surface area contributed by atoms with Crippen molar-refractivity contribution < 1.29 is 0 Å². The van der Waals surface area contributed by atoms with Crippen molar-refractivity contribution in [2.75, 3.05) is 0 Å². The highest BCUT2D eigenvalue weighted by molar-refractivity contribution is 5.65. The first-order chi connectivity index (χ1) is 8.24. The molecule has 0 aromatic carbocycles. The zero-order chi connectivity index (χ0) is 11.8. The van der Waals surface area contributed by atoms with Gasteiger partial charge in [-0.2, -0.15) is 0 Å². The first-order valence-corrected chi connectivity index (χ1v) is 5.46. The van der Waals surface area contributed by atoms with Crippen LogP contribution in [0.15, 0.2) is 37.1 Å². The van der Waals surface area contributed by atoms with E-state index in [-0.39, 0.29) is 0 Å². The summed E-state index contributed by atoms with van der Waals surface area (Å²) >= 11 is 0. The molecule has 0 atom stereocenters. The largest absolute Gasteiger partial charge is 0.306 e. The Morgan fingerprint density at radius 2 is 1.76 bits per heavy atom. The van der Waals surface area contributed by atoms with Gasteiger partial charge < -0.3 is 4.40 Å². The van der Waals surface area contributed by atoms with Crippen molar-refractivity contribution in [2.24, 2.45) is 0 Å². The van der Waals surface area contributed by atoms with Gasteiger partial charge in [0.25, 0.3) is 0 Å². The Morgan fingerprint density at radius 1 is 1.00 bits per heavy atom. The molecule has 84 valence electrons. The van der Waals surface area contributed by atoms with Gasteiger partial charge in [-0.15, -0.1) is 0 Å². The molecule has 0 amide bonds. The van der Waals surface area contributed by atoms with Crippen LogP contribution < -0.4 is 0 Å². The molecule has 3 aromatic rings. The first-order valence-electron chi connectivity index (χ1n) is 5.46. The third kappa shape index (κ3) is 1.67. The molecular formula is C13H12N4. The maximum Gasteiger partial charge on any atom is 0.139 e. The Balaban J connectivity index is 2.20. The van der Waals surface area contributed by atoms with Crippen LogP contribution in [0.25, 0.3) is 16.8 Å². The Kier molecular flexibility index (Phi) is 2.14. The molecule has 0 saturated heterocycles. The van der Waals surface area contributed by atoms with E-state index >= 15 is 0 Å². The zero-order valence-electron chi connectivity index (χ0n) is 9.75. The Hall–Kier alpha value is -2.23. The number of imidazole rings is 1. The molecule has 0 fully saturated rings. The van der Waals surface area contributed by atoms with Crippen molar-refractivity contribution in [1.82, 2.24) is 19.4 Å². The van der Waals surface area contributed by atoms with Crippen LogP contribution in [0.4, 0.5) is 0 Å². The number of aromatic nitrogens is 4. The molecule has 4 heteroatoms. The van der Waals surface area contributed by atoms with Crippen LogP contribution >= 0.6 is 0 Å². The average molecular weight is 224 g/mol. The SMILES string of the molecule is Cc1ncc(-c2cc(C)c3nccn3c2)cn1. The maximum absolute atomic E-state index is 4.30. The Bertz CT molecular complexity index is 667. The highest BCUT2D eigenvalue weighted by atomic mass is 15.0. The van der Waals surface area contributed by atoms with Crippen molar-refractivity contribution in [3.63, 3.8) is 0 Å². The molecule has 0 bridgehead atoms. The summed E-state index contributed by atoms with van der Waals surface area (Å²) in [6.45, 7) is 3.94. The highest BCUT2D eigenvalue weighted by Gasteiger charge is 2.04. The summed E-state index contributed by atoms with van der Waals surface area (Å²) in [6.07, 6.45) is 9.49. The molecule has 0 aliphatic rings. The van der Waals surface area contributed by atoms with E-state index in [1.54, 1.807) is 6.20 Å². The van der Waals surface area contributed by atoms with Crippen molar-refractivity contribution >= 4 is 5.65 Å². The van der Waals surface area contributed by atoms with Gasteiger partial charge in [0, 0.05) is 42.1 Å². The third-order valence-corrected chi connectivity index (χ3v) is 2.79. The number of pyridine rings is 1. The van der Waals surface area contributed by atoms with Crippen LogP contribution in [0.2, 0.25) is 0 Å². The minimum atomic E-state index is 0.786. The van der Waals surface area contributed by atoms with E-state index in [2.05, 4.69) is 27.9 Å². The topological polar surface area (TPSA) is 43.1 Å². The van der Waals surface area contributed by atoms with Crippen molar-refractivity contribution in [1.29, 1.82) is 0 Å². The maximum atomic E-state index is 4.30. The summed E-state index contributed by atoms with van der Waals surface area (Å²) < 4.78 is 2.02. The Labute approximate surface area is 99.0 Å². The van der Waals surface area contributed by atoms with Crippen LogP contribution in [0.3, 0.4) is 0 Å². The standard InChI is InChI=1S/C13H12N4/c1-9-5-11(8-17-4-3-14-13(9)17)12-6-15-10(2)16-7-12/h3-8H,1-2H3. The second-order valence-corrected chi connectivity index (χ2v) is 4.09. The van der Waals surface area contributed by atoms with Gasteiger partial charge in [0.05, 0.1) is 0 Å². The van der Waals surface area contributed by atoms with Gasteiger partial charge >= 0.3 is 0 Å². The fourth-order valence-corrected chi connectivity index (χ4v) is 1.91. The summed E-state index contributed by atoms with van der Waals surface area (Å²) in [7, 11) is 0. The van der Waals surface area contributed by atoms with Gasteiger partial charge in [0.2, 0.25) is 0 Å². The molecule has 0 N–H and O–H groups in total. The quantitative estimate of drug-likeness (QED) is 0.637. The van der Waals surface area contributed by atoms with E-state index in [4.69, 9.17) is 0 Å². The molecular weight excluding hydrogens is 212 g/mol. The summed E-state index contributed by atoms with van der Waals surface area (Å²) in [5, 5.41) is 0. The van der Waals surface area contributed by atoms with Gasteiger partial charge in [-0.3, -0.25) is 0 Å². The molecule has 0 saturated carbocycles. The fourth-order valence-electron chi connectivity index (χ4n) is 1.91. The number of hydrogen-bond donors (Lipinski definition) is 0. The summed E-state index contributed by atoms with van der Waals surface area (Å²) in [5.41, 5.74) is 4.26. The molecule has 0 aliphatic carbocycles. The van der Waals surface area contributed by atoms with E-state index in [1.807, 2.05) is 36.1 Å². The van der Waals surface area contributed by atoms with E-state index in [9.17, 15) is 0 Å². The fraction of sp³-hybridized carbons (Fsp3) is 0.154. The molecule has 3 aromatic heterocycles. The Morgan fingerprint density at radius 3 is 2.53 bits per heavy atom. The van der Waals surface area contributed by atoms with Crippen LogP contribution in [-0.4, -0.2) is 19.4 Å². The van der Waals surface area contributed by atoms with E-state index in [0.717, 1.165) is 28.2 Å². The van der Waals surface area contributed by atoms with Crippen molar-refractivity contribution in [3.05, 3.63) is 48.4 Å². The van der Waals surface area contributed by atoms with Gasteiger partial charge in [-0.05, 0) is 25.5 Å². The van der Waals surface area contributed by atoms with Crippen LogP contribution in [0.1, 0.15) is 11.4 Å². The summed E-state index contributed by atoms with van der Waals surface area (Å²) in [6, 6.07) is 2.11. The van der Waals surface area contributed by atoms with E-state index in [0.29, 0.717) is 0 Å². The average Bonchev–Trinajstić information content (AvgIpc) is 2.78. The second kappa shape index (κ2) is 3.66. The number of fused-ring (bicyclic) bond motifs is 1. The minimum Gasteiger partial charge on any atom is -0.306 e. The molecule has 0 unspecified atom stereocenters. The molecule has 3 rings (SSSR count). The van der Waals surface area contributed by atoms with Crippen LogP contribution in [0.5, 0.6) is 0 Å². The third-order valence-electron chi connectivity index (χ3n) is 2.79. The molecule has 3 heterocycles. The lowest BCUT2D eigenvalue weighted by molar-refractivity contribution is 1.05. The molecule has 0 aliphatic heterocycles. The smallest absolute Gasteiger partial charge is 0.139 e. The number of aryl methyl sites for hydroxylation is 2. The monoisotopic (exact) mass is 224 g/mol. The lowest BCUT2D eigenvalue weighted by Crippen LogP contribution is -1.92. The summed E-state index contributed by atoms with van der Waals surface area (Å²) in [5.74, 6) is 0.786. The van der Waals surface area contributed by atoms with Gasteiger partial charge in [-0.25, -0.2) is 15.0 Å². The molecule has 0 spiro atoms. The normalized spacial score (nSPS) is 10.9. The van der Waals surface area contributed by atoms with Crippen LogP contribution in [0, 0.1) is 13.8 Å². The van der Waals surface area contributed by atoms with Gasteiger partial charge in [0.15, 0.2) is 0 Å². The number of hydrogen-bond acceptors (Lipinski definition) is 3. The highest BCUT2D eigenvalue weighted by Crippen LogP contribution is 2.20. The molecule has 4 nitrogen and oxygen atoms in total. The lowest BCUT2D eigenvalue weighted by atomic mass is 10.1. The second-order valence-electron chi connectivity index (χ2n) is 4.09. The van der Waals surface area contributed by atoms with E-state index < -0.39 is 0 Å².